The quantitative estimate of drug-likeness (QED) is 0.579. The first-order chi connectivity index (χ1) is 15.3. The van der Waals surface area contributed by atoms with E-state index in [0.29, 0.717) is 35.9 Å². The predicted molar refractivity (Wildman–Crippen MR) is 120 cm³/mol. The van der Waals surface area contributed by atoms with Crippen molar-refractivity contribution in [1.29, 1.82) is 0 Å². The van der Waals surface area contributed by atoms with Crippen LogP contribution in [0.4, 0.5) is 0 Å². The molecule has 7 nitrogen and oxygen atoms in total. The molecule has 1 fully saturated rings. The van der Waals surface area contributed by atoms with Crippen LogP contribution in [0.15, 0.2) is 57.7 Å². The van der Waals surface area contributed by atoms with Crippen molar-refractivity contribution in [1.82, 2.24) is 4.90 Å². The SMILES string of the molecule is CC(Oc1cc2oc(=O)cc(-c3ccccc3)c2cc1Cl)C(=O)N1CCCC(C(=O)O)C1. The van der Waals surface area contributed by atoms with E-state index in [4.69, 9.17) is 20.8 Å². The van der Waals surface area contributed by atoms with Crippen LogP contribution in [0.5, 0.6) is 5.75 Å². The number of piperidine rings is 1. The van der Waals surface area contributed by atoms with Gasteiger partial charge < -0.3 is 19.2 Å². The lowest BCUT2D eigenvalue weighted by Crippen LogP contribution is -2.47. The number of nitrogens with zero attached hydrogens (tertiary/aromatic N) is 1. The highest BCUT2D eigenvalue weighted by atomic mass is 35.5. The monoisotopic (exact) mass is 455 g/mol. The van der Waals surface area contributed by atoms with Crippen LogP contribution in [-0.2, 0) is 9.59 Å². The third-order valence-corrected chi connectivity index (χ3v) is 5.91. The summed E-state index contributed by atoms with van der Waals surface area (Å²) < 4.78 is 11.2. The predicted octanol–water partition coefficient (Wildman–Crippen LogP) is 4.20. The number of amides is 1. The molecule has 0 saturated carbocycles. The van der Waals surface area contributed by atoms with Crippen molar-refractivity contribution in [3.63, 3.8) is 0 Å². The minimum absolute atomic E-state index is 0.155. The van der Waals surface area contributed by atoms with Gasteiger partial charge in [0.05, 0.1) is 10.9 Å². The Balaban J connectivity index is 1.61. The minimum Gasteiger partial charge on any atom is -0.481 e. The number of rotatable bonds is 5. The van der Waals surface area contributed by atoms with Gasteiger partial charge >= 0.3 is 11.6 Å². The van der Waals surface area contributed by atoms with E-state index in [2.05, 4.69) is 0 Å². The number of fused-ring (bicyclic) bond motifs is 1. The van der Waals surface area contributed by atoms with Gasteiger partial charge in [0.25, 0.3) is 5.91 Å². The molecular formula is C24H22ClNO6. The molecule has 0 aliphatic carbocycles. The van der Waals surface area contributed by atoms with Crippen LogP contribution < -0.4 is 10.4 Å². The lowest BCUT2D eigenvalue weighted by Gasteiger charge is -2.32. The highest BCUT2D eigenvalue weighted by Gasteiger charge is 2.31. The van der Waals surface area contributed by atoms with Gasteiger partial charge in [0, 0.05) is 30.6 Å². The standard InChI is InChI=1S/C24H22ClNO6/c1-14(23(28)26-9-5-8-16(13-26)24(29)30)31-21-12-20-18(10-19(21)25)17(11-22(27)32-20)15-6-3-2-4-7-15/h2-4,6-7,10-12,14,16H,5,8-9,13H2,1H3,(H,29,30). The molecule has 32 heavy (non-hydrogen) atoms. The molecule has 1 N–H and O–H groups in total. The number of carboxylic acid groups (broad SMARTS) is 1. The van der Waals surface area contributed by atoms with E-state index in [1.165, 1.54) is 17.0 Å². The summed E-state index contributed by atoms with van der Waals surface area (Å²) in [5.74, 6) is -1.58. The average Bonchev–Trinajstić information content (AvgIpc) is 2.79. The van der Waals surface area contributed by atoms with E-state index in [1.54, 1.807) is 13.0 Å². The molecule has 1 aliphatic rings. The van der Waals surface area contributed by atoms with Crippen molar-refractivity contribution >= 4 is 34.4 Å². The summed E-state index contributed by atoms with van der Waals surface area (Å²) >= 11 is 6.45. The molecule has 0 bridgehead atoms. The van der Waals surface area contributed by atoms with Crippen molar-refractivity contribution in [3.8, 4) is 16.9 Å². The lowest BCUT2D eigenvalue weighted by atomic mass is 9.98. The van der Waals surface area contributed by atoms with E-state index < -0.39 is 23.6 Å². The Hall–Kier alpha value is -3.32. The van der Waals surface area contributed by atoms with Crippen LogP contribution in [0.2, 0.25) is 5.02 Å². The number of halogens is 1. The maximum absolute atomic E-state index is 12.8. The largest absolute Gasteiger partial charge is 0.481 e. The number of benzene rings is 2. The fraction of sp³-hybridized carbons (Fsp3) is 0.292. The molecule has 1 aromatic heterocycles. The van der Waals surface area contributed by atoms with Crippen LogP contribution in [0.1, 0.15) is 19.8 Å². The Morgan fingerprint density at radius 2 is 1.97 bits per heavy atom. The number of likely N-dealkylation sites (tertiary alicyclic amines) is 1. The second kappa shape index (κ2) is 9.04. The summed E-state index contributed by atoms with van der Waals surface area (Å²) in [6.07, 6.45) is 0.286. The molecule has 1 amide bonds. The maximum atomic E-state index is 12.8. The van der Waals surface area contributed by atoms with E-state index in [-0.39, 0.29) is 23.2 Å². The molecule has 2 heterocycles. The Bertz CT molecular complexity index is 1220. The molecule has 8 heteroatoms. The molecule has 3 aromatic rings. The number of carboxylic acids is 1. The van der Waals surface area contributed by atoms with Crippen molar-refractivity contribution in [2.24, 2.45) is 5.92 Å². The summed E-state index contributed by atoms with van der Waals surface area (Å²) in [6, 6.07) is 14.0. The van der Waals surface area contributed by atoms with Crippen molar-refractivity contribution in [2.45, 2.75) is 25.9 Å². The van der Waals surface area contributed by atoms with Crippen molar-refractivity contribution in [3.05, 3.63) is 64.0 Å². The average molecular weight is 456 g/mol. The van der Waals surface area contributed by atoms with Crippen molar-refractivity contribution in [2.75, 3.05) is 13.1 Å². The summed E-state index contributed by atoms with van der Waals surface area (Å²) in [5, 5.41) is 10.2. The van der Waals surface area contributed by atoms with Gasteiger partial charge in [0.1, 0.15) is 11.3 Å². The van der Waals surface area contributed by atoms with Crippen LogP contribution in [-0.4, -0.2) is 41.1 Å². The van der Waals surface area contributed by atoms with Gasteiger partial charge in [0.15, 0.2) is 6.10 Å². The van der Waals surface area contributed by atoms with Gasteiger partial charge in [-0.1, -0.05) is 41.9 Å². The molecule has 1 aliphatic heterocycles. The van der Waals surface area contributed by atoms with E-state index in [0.717, 1.165) is 5.56 Å². The third kappa shape index (κ3) is 4.48. The van der Waals surface area contributed by atoms with Crippen LogP contribution >= 0.6 is 11.6 Å². The highest BCUT2D eigenvalue weighted by molar-refractivity contribution is 6.33. The molecule has 2 aromatic carbocycles. The smallest absolute Gasteiger partial charge is 0.336 e. The number of hydrogen-bond donors (Lipinski definition) is 1. The number of ether oxygens (including phenoxy) is 1. The molecule has 0 radical (unpaired) electrons. The maximum Gasteiger partial charge on any atom is 0.336 e. The zero-order chi connectivity index (χ0) is 22.8. The third-order valence-electron chi connectivity index (χ3n) is 5.62. The van der Waals surface area contributed by atoms with Gasteiger partial charge in [-0.3, -0.25) is 9.59 Å². The second-order valence-electron chi connectivity index (χ2n) is 7.85. The lowest BCUT2D eigenvalue weighted by molar-refractivity contribution is -0.147. The summed E-state index contributed by atoms with van der Waals surface area (Å²) in [5.41, 5.74) is 1.31. The fourth-order valence-corrected chi connectivity index (χ4v) is 4.20. The van der Waals surface area contributed by atoms with Gasteiger partial charge in [-0.2, -0.15) is 0 Å². The number of aliphatic carboxylic acids is 1. The van der Waals surface area contributed by atoms with Gasteiger partial charge in [0.2, 0.25) is 0 Å². The Morgan fingerprint density at radius 1 is 1.22 bits per heavy atom. The first-order valence-corrected chi connectivity index (χ1v) is 10.7. The van der Waals surface area contributed by atoms with Gasteiger partial charge in [-0.05, 0) is 37.0 Å². The van der Waals surface area contributed by atoms with Crippen LogP contribution in [0, 0.1) is 5.92 Å². The molecule has 166 valence electrons. The highest BCUT2D eigenvalue weighted by Crippen LogP contribution is 2.35. The van der Waals surface area contributed by atoms with E-state index >= 15 is 0 Å². The molecular weight excluding hydrogens is 434 g/mol. The molecule has 1 saturated heterocycles. The normalized spacial score (nSPS) is 17.2. The summed E-state index contributed by atoms with van der Waals surface area (Å²) in [6.45, 7) is 2.23. The molecule has 2 unspecified atom stereocenters. The number of carbonyl (C=O) groups excluding carboxylic acids is 1. The zero-order valence-electron chi connectivity index (χ0n) is 17.4. The van der Waals surface area contributed by atoms with E-state index in [1.807, 2.05) is 30.3 Å². The Kier molecular flexibility index (Phi) is 6.19. The van der Waals surface area contributed by atoms with Crippen molar-refractivity contribution < 1.29 is 23.8 Å². The van der Waals surface area contributed by atoms with Gasteiger partial charge in [-0.15, -0.1) is 0 Å². The summed E-state index contributed by atoms with van der Waals surface area (Å²) in [7, 11) is 0. The fourth-order valence-electron chi connectivity index (χ4n) is 3.99. The second-order valence-corrected chi connectivity index (χ2v) is 8.25. The molecule has 0 spiro atoms. The van der Waals surface area contributed by atoms with E-state index in [9.17, 15) is 19.5 Å². The zero-order valence-corrected chi connectivity index (χ0v) is 18.2. The number of carbonyl (C=O) groups is 2. The topological polar surface area (TPSA) is 97.0 Å². The van der Waals surface area contributed by atoms with Crippen LogP contribution in [0.3, 0.4) is 0 Å². The summed E-state index contributed by atoms with van der Waals surface area (Å²) in [4.78, 5) is 37.8. The first kappa shape index (κ1) is 21.9. The number of hydrogen-bond acceptors (Lipinski definition) is 5. The minimum atomic E-state index is -0.905. The molecule has 2 atom stereocenters. The Labute approximate surface area is 189 Å². The molecule has 4 rings (SSSR count). The van der Waals surface area contributed by atoms with Gasteiger partial charge in [-0.25, -0.2) is 4.79 Å². The first-order valence-electron chi connectivity index (χ1n) is 10.3. The van der Waals surface area contributed by atoms with Crippen LogP contribution in [0.25, 0.3) is 22.1 Å². The Morgan fingerprint density at radius 3 is 2.69 bits per heavy atom.